The van der Waals surface area contributed by atoms with Crippen LogP contribution in [0.15, 0.2) is 11.1 Å². The summed E-state index contributed by atoms with van der Waals surface area (Å²) >= 11 is 0. The highest BCUT2D eigenvalue weighted by atomic mass is 16.5. The molecule has 0 aliphatic carbocycles. The van der Waals surface area contributed by atoms with Crippen LogP contribution in [0.3, 0.4) is 0 Å². The monoisotopic (exact) mass is 324 g/mol. The number of aromatic amines is 1. The summed E-state index contributed by atoms with van der Waals surface area (Å²) in [7, 11) is 1.59. The zero-order valence-electron chi connectivity index (χ0n) is 13.4. The average Bonchev–Trinajstić information content (AvgIpc) is 2.99. The normalized spacial score (nSPS) is 27.8. The van der Waals surface area contributed by atoms with Gasteiger partial charge in [0.25, 0.3) is 11.2 Å². The number of H-pyrrole nitrogens is 1. The third-order valence-corrected chi connectivity index (χ3v) is 4.35. The van der Waals surface area contributed by atoms with Crippen LogP contribution in [0.1, 0.15) is 20.1 Å². The maximum atomic E-state index is 12.2. The van der Waals surface area contributed by atoms with Crippen LogP contribution < -0.4 is 15.9 Å². The van der Waals surface area contributed by atoms with Gasteiger partial charge in [0, 0.05) is 13.0 Å². The zero-order chi connectivity index (χ0) is 16.7. The molecule has 0 bridgehead atoms. The Labute approximate surface area is 132 Å². The lowest BCUT2D eigenvalue weighted by atomic mass is 10.0. The maximum Gasteiger partial charge on any atom is 0.304 e. The summed E-state index contributed by atoms with van der Waals surface area (Å²) in [6, 6.07) is 0. The highest BCUT2D eigenvalue weighted by Crippen LogP contribution is 2.34. The van der Waals surface area contributed by atoms with Crippen LogP contribution in [0.25, 0.3) is 11.2 Å². The summed E-state index contributed by atoms with van der Waals surface area (Å²) in [6.07, 6.45) is 0.131. The number of aliphatic hydroxyl groups excluding tert-OH is 1. The third-order valence-electron chi connectivity index (χ3n) is 4.35. The van der Waals surface area contributed by atoms with E-state index in [1.807, 2.05) is 13.8 Å². The number of aliphatic hydroxyl groups is 1. The Morgan fingerprint density at radius 2 is 2.35 bits per heavy atom. The Balaban J connectivity index is 2.12. The van der Waals surface area contributed by atoms with Gasteiger partial charge in [-0.2, -0.15) is 9.55 Å². The molecule has 1 fully saturated rings. The van der Waals surface area contributed by atoms with Gasteiger partial charge in [-0.3, -0.25) is 9.78 Å². The number of nitrogen functional groups attached to an aromatic ring is 1. The van der Waals surface area contributed by atoms with Crippen LogP contribution in [0.5, 0.6) is 0 Å². The topological polar surface area (TPSA) is 119 Å². The Kier molecular flexibility index (Phi) is 4.09. The molecule has 126 valence electrons. The van der Waals surface area contributed by atoms with Crippen LogP contribution in [-0.4, -0.2) is 45.6 Å². The molecule has 0 saturated carbocycles. The summed E-state index contributed by atoms with van der Waals surface area (Å²) in [4.78, 5) is 18.9. The quantitative estimate of drug-likeness (QED) is 0.631. The summed E-state index contributed by atoms with van der Waals surface area (Å²) in [5.41, 5.74) is 6.14. The molecule has 1 aliphatic heterocycles. The van der Waals surface area contributed by atoms with Gasteiger partial charge < -0.3 is 20.3 Å². The van der Waals surface area contributed by atoms with Crippen molar-refractivity contribution < 1.29 is 19.1 Å². The van der Waals surface area contributed by atoms with Crippen LogP contribution >= 0.6 is 0 Å². The molecular formula is C14H22N5O4+. The van der Waals surface area contributed by atoms with Crippen LogP contribution in [0, 0.1) is 5.92 Å². The smallest absolute Gasteiger partial charge is 0.304 e. The lowest BCUT2D eigenvalue weighted by molar-refractivity contribution is -0.669. The number of nitrogens with one attached hydrogen (secondary N) is 1. The minimum absolute atomic E-state index is 0.0269. The molecule has 2 aromatic heterocycles. The summed E-state index contributed by atoms with van der Waals surface area (Å²) in [5.74, 6) is -0.129. The van der Waals surface area contributed by atoms with Crippen molar-refractivity contribution in [2.24, 2.45) is 5.92 Å². The highest BCUT2D eigenvalue weighted by Gasteiger charge is 2.46. The van der Waals surface area contributed by atoms with Gasteiger partial charge in [0.05, 0.1) is 19.3 Å². The predicted molar refractivity (Wildman–Crippen MR) is 81.6 cm³/mol. The van der Waals surface area contributed by atoms with Crippen molar-refractivity contribution >= 4 is 17.1 Å². The summed E-state index contributed by atoms with van der Waals surface area (Å²) in [6.45, 7) is 4.78. The fourth-order valence-electron chi connectivity index (χ4n) is 3.15. The number of hydrogen-bond acceptors (Lipinski definition) is 6. The molecule has 4 N–H and O–H groups in total. The van der Waals surface area contributed by atoms with Crippen LogP contribution in [0.2, 0.25) is 0 Å². The standard InChI is InChI=1S/C14H21N5O4/c1-4-18-6-19(11-9(18)12(21)17-14(15)16-11)13-10(20)8(5-22-3)7(2)23-13/h6-8,10,13,20H,4-5H2,1-3H3,(H2-,15,16,17,21)/p+1/t7-,8-,10-,13-/m1/s1. The Morgan fingerprint density at radius 1 is 1.61 bits per heavy atom. The molecule has 4 atom stereocenters. The van der Waals surface area contributed by atoms with Crippen LogP contribution in [-0.2, 0) is 16.0 Å². The number of ether oxygens (including phenoxy) is 2. The molecule has 9 heteroatoms. The Morgan fingerprint density at radius 3 is 3.00 bits per heavy atom. The van der Waals surface area contributed by atoms with Crippen LogP contribution in [0.4, 0.5) is 5.95 Å². The zero-order valence-corrected chi connectivity index (χ0v) is 13.4. The van der Waals surface area contributed by atoms with Gasteiger partial charge in [-0.25, -0.2) is 4.57 Å². The first-order chi connectivity index (χ1) is 11.0. The van der Waals surface area contributed by atoms with Crippen molar-refractivity contribution in [2.45, 2.75) is 38.8 Å². The number of nitrogens with two attached hydrogens (primary N) is 1. The van der Waals surface area contributed by atoms with E-state index < -0.39 is 12.3 Å². The number of nitrogens with zero attached hydrogens (tertiary/aromatic N) is 3. The fraction of sp³-hybridized carbons (Fsp3) is 0.643. The SMILES string of the molecule is CC[n+]1cn([C@@H]2O[C@H](C)[C@@H](COC)[C@H]2O)c2nc(N)[nH]c(=O)c21. The number of imidazole rings is 1. The first-order valence-electron chi connectivity index (χ1n) is 7.60. The summed E-state index contributed by atoms with van der Waals surface area (Å²) < 4.78 is 14.5. The van der Waals surface area contributed by atoms with Crippen molar-refractivity contribution in [3.8, 4) is 0 Å². The van der Waals surface area contributed by atoms with E-state index in [1.165, 1.54) is 0 Å². The molecule has 23 heavy (non-hydrogen) atoms. The molecule has 0 spiro atoms. The largest absolute Gasteiger partial charge is 0.386 e. The van der Waals surface area contributed by atoms with E-state index in [0.717, 1.165) is 0 Å². The minimum atomic E-state index is -0.770. The van der Waals surface area contributed by atoms with Crippen molar-refractivity contribution in [1.82, 2.24) is 14.5 Å². The van der Waals surface area contributed by atoms with E-state index in [4.69, 9.17) is 15.2 Å². The van der Waals surface area contributed by atoms with Gasteiger partial charge in [-0.1, -0.05) is 0 Å². The second kappa shape index (κ2) is 5.91. The Bertz CT molecular complexity index is 770. The highest BCUT2D eigenvalue weighted by molar-refractivity contribution is 5.67. The lowest BCUT2D eigenvalue weighted by Gasteiger charge is -2.15. The van der Waals surface area contributed by atoms with E-state index in [9.17, 15) is 9.90 Å². The predicted octanol–water partition coefficient (Wildman–Crippen LogP) is -0.845. The number of hydrogen-bond donors (Lipinski definition) is 3. The van der Waals surface area contributed by atoms with E-state index >= 15 is 0 Å². The molecule has 0 aromatic carbocycles. The molecule has 0 radical (unpaired) electrons. The van der Waals surface area contributed by atoms with Gasteiger partial charge in [0.2, 0.25) is 18.5 Å². The lowest BCUT2D eigenvalue weighted by Crippen LogP contribution is -2.35. The number of methoxy groups -OCH3 is 1. The number of anilines is 1. The number of aromatic nitrogens is 4. The van der Waals surface area contributed by atoms with Crippen molar-refractivity contribution in [3.63, 3.8) is 0 Å². The van der Waals surface area contributed by atoms with Gasteiger partial charge in [-0.15, -0.1) is 0 Å². The number of rotatable bonds is 4. The molecule has 0 amide bonds. The van der Waals surface area contributed by atoms with E-state index in [1.54, 1.807) is 22.6 Å². The second-order valence-electron chi connectivity index (χ2n) is 5.77. The average molecular weight is 324 g/mol. The number of fused-ring (bicyclic) bond motifs is 1. The van der Waals surface area contributed by atoms with Crippen molar-refractivity contribution in [1.29, 1.82) is 0 Å². The first kappa shape index (κ1) is 15.9. The van der Waals surface area contributed by atoms with Crippen molar-refractivity contribution in [2.75, 3.05) is 19.5 Å². The van der Waals surface area contributed by atoms with Crippen molar-refractivity contribution in [3.05, 3.63) is 16.7 Å². The first-order valence-corrected chi connectivity index (χ1v) is 7.60. The molecule has 9 nitrogen and oxygen atoms in total. The van der Waals surface area contributed by atoms with Gasteiger partial charge in [0.15, 0.2) is 0 Å². The van der Waals surface area contributed by atoms with E-state index in [-0.39, 0.29) is 23.5 Å². The summed E-state index contributed by atoms with van der Waals surface area (Å²) in [5, 5.41) is 10.6. The fourth-order valence-corrected chi connectivity index (χ4v) is 3.15. The van der Waals surface area contributed by atoms with E-state index in [2.05, 4.69) is 9.97 Å². The minimum Gasteiger partial charge on any atom is -0.386 e. The number of aryl methyl sites for hydroxylation is 1. The Hall–Kier alpha value is -1.97. The van der Waals surface area contributed by atoms with Gasteiger partial charge >= 0.3 is 5.56 Å². The maximum absolute atomic E-state index is 12.2. The molecule has 3 heterocycles. The molecule has 1 saturated heterocycles. The van der Waals surface area contributed by atoms with Gasteiger partial charge in [-0.05, 0) is 13.8 Å². The molecule has 2 aromatic rings. The third kappa shape index (κ3) is 2.50. The molecular weight excluding hydrogens is 302 g/mol. The molecule has 3 rings (SSSR count). The second-order valence-corrected chi connectivity index (χ2v) is 5.77. The van der Waals surface area contributed by atoms with E-state index in [0.29, 0.717) is 24.3 Å². The molecule has 1 aliphatic rings. The molecule has 0 unspecified atom stereocenters. The van der Waals surface area contributed by atoms with Gasteiger partial charge in [0.1, 0.15) is 6.10 Å².